The third kappa shape index (κ3) is 4.36. The molecule has 164 valence electrons. The van der Waals surface area contributed by atoms with Gasteiger partial charge in [0.05, 0.1) is 31.8 Å². The van der Waals surface area contributed by atoms with E-state index in [0.717, 1.165) is 21.8 Å². The lowest BCUT2D eigenvalue weighted by Crippen LogP contribution is -2.25. The third-order valence-corrected chi connectivity index (χ3v) is 6.24. The van der Waals surface area contributed by atoms with Crippen LogP contribution < -0.4 is 9.47 Å². The monoisotopic (exact) mass is 448 g/mol. The lowest BCUT2D eigenvalue weighted by atomic mass is 10.2. The molecule has 0 N–H and O–H groups in total. The fraction of sp³-hybridized carbons (Fsp3) is 0.208. The number of para-hydroxylation sites is 1. The number of hydrogen-bond donors (Lipinski definition) is 0. The van der Waals surface area contributed by atoms with Gasteiger partial charge >= 0.3 is 0 Å². The van der Waals surface area contributed by atoms with Crippen LogP contribution in [-0.4, -0.2) is 46.8 Å². The zero-order chi connectivity index (χ0) is 22.7. The molecule has 2 heterocycles. The van der Waals surface area contributed by atoms with E-state index in [1.807, 2.05) is 61.7 Å². The van der Waals surface area contributed by atoms with Crippen molar-refractivity contribution in [3.63, 3.8) is 0 Å². The van der Waals surface area contributed by atoms with Crippen molar-refractivity contribution in [1.82, 2.24) is 19.7 Å². The second-order valence-electron chi connectivity index (χ2n) is 7.29. The second kappa shape index (κ2) is 9.23. The predicted octanol–water partition coefficient (Wildman–Crippen LogP) is 4.59. The number of aromatic nitrogens is 3. The number of hydrogen-bond acceptors (Lipinski definition) is 6. The lowest BCUT2D eigenvalue weighted by molar-refractivity contribution is 0.0789. The number of rotatable bonds is 7. The maximum Gasteiger partial charge on any atom is 0.265 e. The standard InChI is InChI=1S/C24H24N4O3S/c1-16-22(32-23(26-16)18-10-11-20(30-3)21(12-18)31-4)24(29)27(2)14-17-13-25-28(15-17)19-8-6-5-7-9-19/h5-13,15H,14H2,1-4H3. The molecule has 0 saturated heterocycles. The van der Waals surface area contributed by atoms with Crippen LogP contribution in [0.5, 0.6) is 11.5 Å². The average molecular weight is 449 g/mol. The summed E-state index contributed by atoms with van der Waals surface area (Å²) in [5.74, 6) is 1.20. The van der Waals surface area contributed by atoms with E-state index in [0.29, 0.717) is 28.6 Å². The molecule has 2 aromatic carbocycles. The first-order valence-electron chi connectivity index (χ1n) is 10.0. The Labute approximate surface area is 190 Å². The van der Waals surface area contributed by atoms with Crippen molar-refractivity contribution < 1.29 is 14.3 Å². The Bertz CT molecular complexity index is 1230. The van der Waals surface area contributed by atoms with Gasteiger partial charge in [0.15, 0.2) is 11.5 Å². The maximum absolute atomic E-state index is 13.1. The topological polar surface area (TPSA) is 69.5 Å². The first-order chi connectivity index (χ1) is 15.5. The number of carbonyl (C=O) groups excluding carboxylic acids is 1. The van der Waals surface area contributed by atoms with Gasteiger partial charge in [-0.3, -0.25) is 4.79 Å². The van der Waals surface area contributed by atoms with E-state index in [-0.39, 0.29) is 5.91 Å². The normalized spacial score (nSPS) is 10.8. The number of nitrogens with zero attached hydrogens (tertiary/aromatic N) is 4. The Morgan fingerprint density at radius 3 is 2.56 bits per heavy atom. The fourth-order valence-electron chi connectivity index (χ4n) is 3.37. The summed E-state index contributed by atoms with van der Waals surface area (Å²) in [4.78, 5) is 20.1. The highest BCUT2D eigenvalue weighted by Gasteiger charge is 2.21. The SMILES string of the molecule is COc1ccc(-c2nc(C)c(C(=O)N(C)Cc3cnn(-c4ccccc4)c3)s2)cc1OC. The molecule has 0 spiro atoms. The van der Waals surface area contributed by atoms with Crippen LogP contribution in [0.3, 0.4) is 0 Å². The van der Waals surface area contributed by atoms with Gasteiger partial charge in [0.2, 0.25) is 0 Å². The fourth-order valence-corrected chi connectivity index (χ4v) is 4.43. The number of carbonyl (C=O) groups is 1. The Morgan fingerprint density at radius 1 is 1.09 bits per heavy atom. The van der Waals surface area contributed by atoms with Crippen LogP contribution in [-0.2, 0) is 6.54 Å². The Morgan fingerprint density at radius 2 is 1.84 bits per heavy atom. The van der Waals surface area contributed by atoms with E-state index in [1.165, 1.54) is 11.3 Å². The summed E-state index contributed by atoms with van der Waals surface area (Å²) in [6, 6.07) is 15.5. The quantitative estimate of drug-likeness (QED) is 0.413. The molecular weight excluding hydrogens is 424 g/mol. The van der Waals surface area contributed by atoms with Crippen LogP contribution in [0.25, 0.3) is 16.3 Å². The van der Waals surface area contributed by atoms with Gasteiger partial charge in [-0.1, -0.05) is 18.2 Å². The Hall–Kier alpha value is -3.65. The van der Waals surface area contributed by atoms with E-state index in [1.54, 1.807) is 37.0 Å². The number of ether oxygens (including phenoxy) is 2. The van der Waals surface area contributed by atoms with Gasteiger partial charge in [-0.25, -0.2) is 9.67 Å². The van der Waals surface area contributed by atoms with Crippen LogP contribution in [0, 0.1) is 6.92 Å². The van der Waals surface area contributed by atoms with Crippen LogP contribution in [0.15, 0.2) is 60.9 Å². The summed E-state index contributed by atoms with van der Waals surface area (Å²) in [6.07, 6.45) is 3.72. The Kier molecular flexibility index (Phi) is 6.23. The molecule has 0 aliphatic rings. The molecule has 0 unspecified atom stereocenters. The van der Waals surface area contributed by atoms with Crippen molar-refractivity contribution >= 4 is 17.2 Å². The molecule has 7 nitrogen and oxygen atoms in total. The third-order valence-electron chi connectivity index (χ3n) is 5.04. The van der Waals surface area contributed by atoms with Crippen LogP contribution in [0.2, 0.25) is 0 Å². The minimum Gasteiger partial charge on any atom is -0.493 e. The molecule has 0 radical (unpaired) electrons. The second-order valence-corrected chi connectivity index (χ2v) is 8.29. The molecule has 32 heavy (non-hydrogen) atoms. The minimum absolute atomic E-state index is 0.0702. The highest BCUT2D eigenvalue weighted by molar-refractivity contribution is 7.17. The smallest absolute Gasteiger partial charge is 0.265 e. The van der Waals surface area contributed by atoms with Crippen molar-refractivity contribution in [2.45, 2.75) is 13.5 Å². The average Bonchev–Trinajstić information content (AvgIpc) is 3.45. The molecular formula is C24H24N4O3S. The first-order valence-corrected chi connectivity index (χ1v) is 10.9. The van der Waals surface area contributed by atoms with E-state index in [4.69, 9.17) is 9.47 Å². The number of benzene rings is 2. The molecule has 0 aliphatic heterocycles. The maximum atomic E-state index is 13.1. The van der Waals surface area contributed by atoms with Crippen LogP contribution >= 0.6 is 11.3 Å². The summed E-state index contributed by atoms with van der Waals surface area (Å²) in [5, 5.41) is 5.17. The van der Waals surface area contributed by atoms with Crippen molar-refractivity contribution in [2.24, 2.45) is 0 Å². The van der Waals surface area contributed by atoms with Gasteiger partial charge in [-0.05, 0) is 37.3 Å². The molecule has 1 amide bonds. The summed E-state index contributed by atoms with van der Waals surface area (Å²) in [7, 11) is 4.98. The molecule has 4 rings (SSSR count). The number of methoxy groups -OCH3 is 2. The summed E-state index contributed by atoms with van der Waals surface area (Å²) in [5.41, 5.74) is 3.51. The zero-order valence-electron chi connectivity index (χ0n) is 18.4. The summed E-state index contributed by atoms with van der Waals surface area (Å²) >= 11 is 1.37. The van der Waals surface area contributed by atoms with E-state index in [2.05, 4.69) is 10.1 Å². The van der Waals surface area contributed by atoms with E-state index < -0.39 is 0 Å². The number of amides is 1. The summed E-state index contributed by atoms with van der Waals surface area (Å²) < 4.78 is 12.5. The molecule has 0 saturated carbocycles. The highest BCUT2D eigenvalue weighted by Crippen LogP contribution is 2.35. The van der Waals surface area contributed by atoms with Gasteiger partial charge < -0.3 is 14.4 Å². The predicted molar refractivity (Wildman–Crippen MR) is 125 cm³/mol. The first kappa shape index (κ1) is 21.6. The highest BCUT2D eigenvalue weighted by atomic mass is 32.1. The minimum atomic E-state index is -0.0702. The molecule has 8 heteroatoms. The zero-order valence-corrected chi connectivity index (χ0v) is 19.2. The molecule has 0 fully saturated rings. The molecule has 0 aliphatic carbocycles. The number of thiazole rings is 1. The van der Waals surface area contributed by atoms with E-state index in [9.17, 15) is 4.79 Å². The molecule has 0 atom stereocenters. The van der Waals surface area contributed by atoms with Gasteiger partial charge in [0, 0.05) is 30.9 Å². The van der Waals surface area contributed by atoms with Gasteiger partial charge in [0.25, 0.3) is 5.91 Å². The van der Waals surface area contributed by atoms with Gasteiger partial charge in [0.1, 0.15) is 9.88 Å². The van der Waals surface area contributed by atoms with Crippen molar-refractivity contribution in [3.05, 3.63) is 77.1 Å². The van der Waals surface area contributed by atoms with Crippen molar-refractivity contribution in [3.8, 4) is 27.8 Å². The van der Waals surface area contributed by atoms with Crippen molar-refractivity contribution in [2.75, 3.05) is 21.3 Å². The van der Waals surface area contributed by atoms with Crippen molar-refractivity contribution in [1.29, 1.82) is 0 Å². The Balaban J connectivity index is 1.51. The lowest BCUT2D eigenvalue weighted by Gasteiger charge is -2.15. The van der Waals surface area contributed by atoms with Gasteiger partial charge in [-0.15, -0.1) is 11.3 Å². The number of aryl methyl sites for hydroxylation is 1. The molecule has 4 aromatic rings. The largest absolute Gasteiger partial charge is 0.493 e. The van der Waals surface area contributed by atoms with Crippen LogP contribution in [0.1, 0.15) is 20.9 Å². The van der Waals surface area contributed by atoms with Crippen LogP contribution in [0.4, 0.5) is 0 Å². The summed E-state index contributed by atoms with van der Waals surface area (Å²) in [6.45, 7) is 2.31. The molecule has 0 bridgehead atoms. The molecule has 2 aromatic heterocycles. The van der Waals surface area contributed by atoms with E-state index >= 15 is 0 Å². The van der Waals surface area contributed by atoms with Gasteiger partial charge in [-0.2, -0.15) is 5.10 Å².